The van der Waals surface area contributed by atoms with Crippen LogP contribution in [0.2, 0.25) is 5.02 Å². The van der Waals surface area contributed by atoms with Crippen molar-refractivity contribution in [3.8, 4) is 0 Å². The summed E-state index contributed by atoms with van der Waals surface area (Å²) < 4.78 is 46.3. The molecule has 1 saturated heterocycles. The summed E-state index contributed by atoms with van der Waals surface area (Å²) >= 11 is 7.00. The number of amides is 1. The van der Waals surface area contributed by atoms with Gasteiger partial charge in [-0.05, 0) is 101 Å². The maximum absolute atomic E-state index is 12.5. The van der Waals surface area contributed by atoms with Gasteiger partial charge in [0.25, 0.3) is 0 Å². The third-order valence-electron chi connectivity index (χ3n) is 9.44. The second-order valence-electron chi connectivity index (χ2n) is 15.1. The van der Waals surface area contributed by atoms with E-state index in [4.69, 9.17) is 44.8 Å². The lowest BCUT2D eigenvalue weighted by Gasteiger charge is -2.52. The van der Waals surface area contributed by atoms with Gasteiger partial charge >= 0.3 is 6.09 Å². The number of hydrogen-bond acceptors (Lipinski definition) is 8. The van der Waals surface area contributed by atoms with Crippen molar-refractivity contribution in [2.45, 2.75) is 162 Å². The largest absolute Gasteiger partial charge is 0.444 e. The summed E-state index contributed by atoms with van der Waals surface area (Å²) in [5.41, 5.74) is 3.77. The zero-order valence-corrected chi connectivity index (χ0v) is 33.7. The van der Waals surface area contributed by atoms with Crippen LogP contribution < -0.4 is 5.32 Å². The van der Waals surface area contributed by atoms with Crippen LogP contribution in [-0.2, 0) is 52.0 Å². The molecule has 0 aliphatic carbocycles. The summed E-state index contributed by atoms with van der Waals surface area (Å²) in [7, 11) is 0. The molecule has 1 spiro atoms. The average Bonchev–Trinajstić information content (AvgIpc) is 3.43. The van der Waals surface area contributed by atoms with Gasteiger partial charge in [-0.25, -0.2) is 4.79 Å². The predicted molar refractivity (Wildman–Crippen MR) is 206 cm³/mol. The number of fused-ring (bicyclic) bond motifs is 2. The van der Waals surface area contributed by atoms with E-state index >= 15 is 0 Å². The van der Waals surface area contributed by atoms with E-state index in [9.17, 15) is 4.79 Å². The van der Waals surface area contributed by atoms with Crippen LogP contribution in [0.15, 0.2) is 36.4 Å². The summed E-state index contributed by atoms with van der Waals surface area (Å²) in [6, 6.07) is 11.8. The lowest BCUT2D eigenvalue weighted by atomic mass is 9.84. The highest BCUT2D eigenvalue weighted by atomic mass is 35.5. The molecule has 0 bridgehead atoms. The van der Waals surface area contributed by atoms with E-state index in [0.29, 0.717) is 50.2 Å². The van der Waals surface area contributed by atoms with Crippen molar-refractivity contribution < 1.29 is 38.0 Å². The Morgan fingerprint density at radius 1 is 0.904 bits per heavy atom. The Kier molecular flexibility index (Phi) is 16.7. The second kappa shape index (κ2) is 20.4. The van der Waals surface area contributed by atoms with Gasteiger partial charge in [0.15, 0.2) is 0 Å². The molecule has 0 aromatic heterocycles. The average molecular weight is 746 g/mol. The van der Waals surface area contributed by atoms with E-state index in [-0.39, 0.29) is 6.10 Å². The quantitative estimate of drug-likeness (QED) is 0.134. The van der Waals surface area contributed by atoms with Crippen LogP contribution in [0.3, 0.4) is 0 Å². The van der Waals surface area contributed by atoms with Crippen molar-refractivity contribution >= 4 is 23.4 Å². The first kappa shape index (κ1) is 42.5. The van der Waals surface area contributed by atoms with Crippen LogP contribution in [0.25, 0.3) is 0 Å². The highest BCUT2D eigenvalue weighted by molar-refractivity contribution is 6.31. The molecule has 10 heteroatoms. The third-order valence-corrected chi connectivity index (χ3v) is 9.79. The molecular weight excluding hydrogens is 682 g/mol. The van der Waals surface area contributed by atoms with Crippen molar-refractivity contribution in [3.63, 3.8) is 0 Å². The SMILES string of the molecule is CCCCO[C@H]1[C@H](OCCCC)[C@@H](OCCCC)[C@@]2(OCc3cc(Cl)c(Cc4cccc(NC(=O)OC(C)(C)C)c4)cc32)O[C@@H]1[C@@H](C)OCCCC. The molecule has 2 aromatic carbocycles. The van der Waals surface area contributed by atoms with Crippen molar-refractivity contribution in [2.75, 3.05) is 31.7 Å². The number of carbonyl (C=O) groups is 1. The first-order valence-electron chi connectivity index (χ1n) is 19.6. The molecule has 1 fully saturated rings. The van der Waals surface area contributed by atoms with Gasteiger partial charge in [0.2, 0.25) is 5.79 Å². The lowest BCUT2D eigenvalue weighted by molar-refractivity contribution is -0.389. The fraction of sp³-hybridized carbons (Fsp3) is 0.690. The smallest absolute Gasteiger partial charge is 0.412 e. The van der Waals surface area contributed by atoms with Gasteiger partial charge in [0.1, 0.15) is 30.0 Å². The zero-order valence-electron chi connectivity index (χ0n) is 32.9. The Morgan fingerprint density at radius 3 is 2.19 bits per heavy atom. The summed E-state index contributed by atoms with van der Waals surface area (Å²) in [4.78, 5) is 12.5. The maximum Gasteiger partial charge on any atom is 0.412 e. The number of rotatable bonds is 20. The minimum Gasteiger partial charge on any atom is -0.444 e. The highest BCUT2D eigenvalue weighted by Gasteiger charge is 2.62. The molecule has 292 valence electrons. The number of carbonyl (C=O) groups excluding carboxylic acids is 1. The number of benzene rings is 2. The third kappa shape index (κ3) is 11.4. The van der Waals surface area contributed by atoms with E-state index < -0.39 is 41.9 Å². The zero-order chi connectivity index (χ0) is 37.7. The molecule has 0 radical (unpaired) electrons. The standard InChI is InChI=1S/C42H64ClNO8/c1-9-13-20-46-29(5)36-37(47-21-14-10-2)38(48-22-15-11-3)39(49-23-16-12-4)42(51-36)34-26-31(35(43)27-32(34)28-50-42)24-30-18-17-19-33(25-30)44-40(45)52-41(6,7)8/h17-19,25-27,29,36-39H,9-16,20-24,28H2,1-8H3,(H,44,45)/t29-,36-,37-,38+,39-,42+/m1/s1. The number of ether oxygens (including phenoxy) is 7. The molecule has 2 aliphatic rings. The molecule has 4 rings (SSSR count). The molecule has 9 nitrogen and oxygen atoms in total. The second-order valence-corrected chi connectivity index (χ2v) is 15.5. The summed E-state index contributed by atoms with van der Waals surface area (Å²) in [6.45, 7) is 18.9. The molecule has 2 aromatic rings. The Hall–Kier alpha value is -2.24. The van der Waals surface area contributed by atoms with Crippen molar-refractivity contribution in [3.05, 3.63) is 63.7 Å². The lowest BCUT2D eigenvalue weighted by Crippen LogP contribution is -2.67. The molecule has 2 heterocycles. The number of anilines is 1. The fourth-order valence-corrected chi connectivity index (χ4v) is 6.93. The number of halogens is 1. The summed E-state index contributed by atoms with van der Waals surface area (Å²) in [5.74, 6) is -1.27. The predicted octanol–water partition coefficient (Wildman–Crippen LogP) is 10.1. The number of nitrogens with one attached hydrogen (secondary N) is 1. The minimum absolute atomic E-state index is 0.288. The fourth-order valence-electron chi connectivity index (χ4n) is 6.68. The van der Waals surface area contributed by atoms with E-state index in [0.717, 1.165) is 73.6 Å². The van der Waals surface area contributed by atoms with Crippen LogP contribution in [0.1, 0.15) is 129 Å². The number of unbranched alkanes of at least 4 members (excludes halogenated alkanes) is 4. The monoisotopic (exact) mass is 745 g/mol. The Bertz CT molecular complexity index is 1400. The van der Waals surface area contributed by atoms with Gasteiger partial charge in [-0.15, -0.1) is 0 Å². The first-order valence-corrected chi connectivity index (χ1v) is 20.0. The molecule has 0 saturated carbocycles. The maximum atomic E-state index is 12.5. The van der Waals surface area contributed by atoms with Gasteiger partial charge in [-0.2, -0.15) is 0 Å². The van der Waals surface area contributed by atoms with Gasteiger partial charge in [0, 0.05) is 42.7 Å². The van der Waals surface area contributed by atoms with Crippen LogP contribution in [0, 0.1) is 0 Å². The van der Waals surface area contributed by atoms with Crippen molar-refractivity contribution in [2.24, 2.45) is 0 Å². The summed E-state index contributed by atoms with van der Waals surface area (Å²) in [6.07, 6.45) is 5.51. The molecule has 52 heavy (non-hydrogen) atoms. The van der Waals surface area contributed by atoms with Gasteiger partial charge < -0.3 is 33.2 Å². The molecule has 1 N–H and O–H groups in total. The van der Waals surface area contributed by atoms with Crippen LogP contribution in [-0.4, -0.2) is 68.6 Å². The van der Waals surface area contributed by atoms with Crippen molar-refractivity contribution in [1.82, 2.24) is 0 Å². The molecule has 6 atom stereocenters. The molecule has 1 amide bonds. The Labute approximate surface area is 317 Å². The number of hydrogen-bond donors (Lipinski definition) is 1. The Morgan fingerprint density at radius 2 is 1.54 bits per heavy atom. The van der Waals surface area contributed by atoms with Gasteiger partial charge in [0.05, 0.1) is 12.7 Å². The highest BCUT2D eigenvalue weighted by Crippen LogP contribution is 2.50. The van der Waals surface area contributed by atoms with E-state index in [1.807, 2.05) is 51.1 Å². The normalized spacial score (nSPS) is 23.5. The van der Waals surface area contributed by atoms with E-state index in [1.165, 1.54) is 0 Å². The van der Waals surface area contributed by atoms with Crippen LogP contribution in [0.5, 0.6) is 0 Å². The summed E-state index contributed by atoms with van der Waals surface area (Å²) in [5, 5.41) is 3.48. The van der Waals surface area contributed by atoms with Gasteiger partial charge in [-0.1, -0.05) is 77.1 Å². The van der Waals surface area contributed by atoms with Crippen LogP contribution >= 0.6 is 11.6 Å². The Balaban J connectivity index is 1.76. The minimum atomic E-state index is -1.27. The molecule has 2 aliphatic heterocycles. The van der Waals surface area contributed by atoms with Crippen LogP contribution in [0.4, 0.5) is 10.5 Å². The van der Waals surface area contributed by atoms with Gasteiger partial charge in [-0.3, -0.25) is 5.32 Å². The first-order chi connectivity index (χ1) is 25.0. The topological polar surface area (TPSA) is 93.7 Å². The molecular formula is C42H64ClNO8. The van der Waals surface area contributed by atoms with Crippen molar-refractivity contribution in [1.29, 1.82) is 0 Å². The van der Waals surface area contributed by atoms with E-state index in [2.05, 4.69) is 46.0 Å². The van der Waals surface area contributed by atoms with E-state index in [1.54, 1.807) is 0 Å². The molecule has 0 unspecified atom stereocenters.